The number of nitrogens with zero attached hydrogens (tertiary/aromatic N) is 3. The molecule has 1 saturated heterocycles. The Labute approximate surface area is 161 Å². The standard InChI is InChI=1S/C16H27N5O3S.ClH/c1-4-5-11-8-21(10-14(11)19-25(3,23)24)16(22)15-12-9-20(2)7-6-13(12)17-18-15;/h11,14,19H,4-10H2,1-3H3,(H,17,18);1H/t11-,14-;/m1./s1. The molecule has 0 bridgehead atoms. The predicted octanol–water partition coefficient (Wildman–Crippen LogP) is 0.609. The molecule has 0 spiro atoms. The molecule has 3 heterocycles. The molecule has 1 amide bonds. The lowest BCUT2D eigenvalue weighted by Gasteiger charge is -2.23. The van der Waals surface area contributed by atoms with Gasteiger partial charge in [-0.15, -0.1) is 12.4 Å². The second-order valence-corrected chi connectivity index (χ2v) is 9.05. The van der Waals surface area contributed by atoms with Crippen molar-refractivity contribution in [3.63, 3.8) is 0 Å². The maximum Gasteiger partial charge on any atom is 0.274 e. The van der Waals surface area contributed by atoms with Crippen molar-refractivity contribution in [3.05, 3.63) is 17.0 Å². The molecule has 148 valence electrons. The number of sulfonamides is 1. The smallest absolute Gasteiger partial charge is 0.274 e. The third-order valence-electron chi connectivity index (χ3n) is 5.08. The zero-order valence-corrected chi connectivity index (χ0v) is 17.1. The Kier molecular flexibility index (Phi) is 6.70. The fourth-order valence-corrected chi connectivity index (χ4v) is 4.68. The summed E-state index contributed by atoms with van der Waals surface area (Å²) in [5.74, 6) is 0.0350. The average Bonchev–Trinajstić information content (AvgIpc) is 3.10. The topological polar surface area (TPSA) is 98.4 Å². The van der Waals surface area contributed by atoms with Gasteiger partial charge in [0.1, 0.15) is 0 Å². The molecule has 2 aliphatic heterocycles. The highest BCUT2D eigenvalue weighted by Gasteiger charge is 2.38. The van der Waals surface area contributed by atoms with Gasteiger partial charge in [0.15, 0.2) is 5.69 Å². The second-order valence-electron chi connectivity index (χ2n) is 7.27. The number of amides is 1. The highest BCUT2D eigenvalue weighted by atomic mass is 35.5. The third kappa shape index (κ3) is 4.57. The first-order valence-corrected chi connectivity index (χ1v) is 10.7. The molecule has 10 heteroatoms. The fraction of sp³-hybridized carbons (Fsp3) is 0.750. The minimum Gasteiger partial charge on any atom is -0.335 e. The Balaban J connectivity index is 0.00000243. The van der Waals surface area contributed by atoms with Crippen molar-refractivity contribution >= 4 is 28.3 Å². The van der Waals surface area contributed by atoms with Crippen LogP contribution in [-0.2, 0) is 23.0 Å². The number of likely N-dealkylation sites (N-methyl/N-ethyl adjacent to an activating group) is 1. The lowest BCUT2D eigenvalue weighted by atomic mass is 9.99. The van der Waals surface area contributed by atoms with Crippen LogP contribution in [0, 0.1) is 5.92 Å². The number of halogens is 1. The molecule has 2 aliphatic rings. The lowest BCUT2D eigenvalue weighted by molar-refractivity contribution is 0.0777. The molecule has 0 unspecified atom stereocenters. The molecular weight excluding hydrogens is 378 g/mol. The molecule has 0 aliphatic carbocycles. The first-order chi connectivity index (χ1) is 11.8. The van der Waals surface area contributed by atoms with E-state index in [2.05, 4.69) is 26.7 Å². The van der Waals surface area contributed by atoms with Gasteiger partial charge in [0, 0.05) is 49.9 Å². The van der Waals surface area contributed by atoms with Crippen LogP contribution in [0.3, 0.4) is 0 Å². The van der Waals surface area contributed by atoms with Gasteiger partial charge >= 0.3 is 0 Å². The van der Waals surface area contributed by atoms with E-state index in [-0.39, 0.29) is 30.3 Å². The van der Waals surface area contributed by atoms with Gasteiger partial charge in [0.25, 0.3) is 5.91 Å². The van der Waals surface area contributed by atoms with Crippen LogP contribution in [0.5, 0.6) is 0 Å². The lowest BCUT2D eigenvalue weighted by Crippen LogP contribution is -2.40. The predicted molar refractivity (Wildman–Crippen MR) is 102 cm³/mol. The quantitative estimate of drug-likeness (QED) is 0.747. The number of H-pyrrole nitrogens is 1. The molecule has 8 nitrogen and oxygen atoms in total. The number of hydrogen-bond donors (Lipinski definition) is 2. The molecule has 0 saturated carbocycles. The first kappa shape index (κ1) is 21.1. The van der Waals surface area contributed by atoms with Crippen LogP contribution in [-0.4, -0.2) is 73.3 Å². The van der Waals surface area contributed by atoms with E-state index in [4.69, 9.17) is 0 Å². The Bertz CT molecular complexity index is 751. The van der Waals surface area contributed by atoms with E-state index >= 15 is 0 Å². The van der Waals surface area contributed by atoms with Gasteiger partial charge in [-0.1, -0.05) is 13.3 Å². The van der Waals surface area contributed by atoms with E-state index in [1.807, 2.05) is 7.05 Å². The Hall–Kier alpha value is -1.16. The fourth-order valence-electron chi connectivity index (χ4n) is 3.87. The Morgan fingerprint density at radius 2 is 2.12 bits per heavy atom. The number of carbonyl (C=O) groups is 1. The SMILES string of the molecule is CCC[C@@H]1CN(C(=O)c2n[nH]c3c2CN(C)CC3)C[C@H]1NS(C)(=O)=O.Cl. The molecule has 26 heavy (non-hydrogen) atoms. The Morgan fingerprint density at radius 1 is 1.38 bits per heavy atom. The van der Waals surface area contributed by atoms with Crippen LogP contribution >= 0.6 is 12.4 Å². The highest BCUT2D eigenvalue weighted by molar-refractivity contribution is 7.88. The zero-order valence-electron chi connectivity index (χ0n) is 15.5. The summed E-state index contributed by atoms with van der Waals surface area (Å²) in [6.07, 6.45) is 3.87. The molecule has 1 fully saturated rings. The van der Waals surface area contributed by atoms with Gasteiger partial charge in [-0.3, -0.25) is 9.89 Å². The number of nitrogens with one attached hydrogen (secondary N) is 2. The summed E-state index contributed by atoms with van der Waals surface area (Å²) in [6, 6.07) is -0.226. The summed E-state index contributed by atoms with van der Waals surface area (Å²) in [4.78, 5) is 16.9. The van der Waals surface area contributed by atoms with Crippen molar-refractivity contribution in [2.24, 2.45) is 5.92 Å². The molecule has 0 aromatic carbocycles. The van der Waals surface area contributed by atoms with Crippen LogP contribution in [0.25, 0.3) is 0 Å². The molecule has 2 atom stereocenters. The van der Waals surface area contributed by atoms with E-state index < -0.39 is 10.0 Å². The summed E-state index contributed by atoms with van der Waals surface area (Å²) >= 11 is 0. The van der Waals surface area contributed by atoms with Crippen molar-refractivity contribution in [2.75, 3.05) is 32.9 Å². The first-order valence-electron chi connectivity index (χ1n) is 8.79. The van der Waals surface area contributed by atoms with Gasteiger partial charge < -0.3 is 9.80 Å². The monoisotopic (exact) mass is 405 g/mol. The summed E-state index contributed by atoms with van der Waals surface area (Å²) < 4.78 is 26.0. The van der Waals surface area contributed by atoms with Crippen LogP contribution in [0.1, 0.15) is 41.5 Å². The third-order valence-corrected chi connectivity index (χ3v) is 5.81. The number of carbonyl (C=O) groups excluding carboxylic acids is 1. The van der Waals surface area contributed by atoms with E-state index in [1.165, 1.54) is 6.26 Å². The number of fused-ring (bicyclic) bond motifs is 1. The maximum atomic E-state index is 13.0. The van der Waals surface area contributed by atoms with Gasteiger partial charge in [-0.2, -0.15) is 5.10 Å². The molecule has 3 rings (SSSR count). The van der Waals surface area contributed by atoms with E-state index in [9.17, 15) is 13.2 Å². The number of rotatable bonds is 5. The molecule has 2 N–H and O–H groups in total. The van der Waals surface area contributed by atoms with Crippen molar-refractivity contribution in [2.45, 2.75) is 38.8 Å². The van der Waals surface area contributed by atoms with Crippen molar-refractivity contribution < 1.29 is 13.2 Å². The van der Waals surface area contributed by atoms with E-state index in [0.717, 1.165) is 37.1 Å². The summed E-state index contributed by atoms with van der Waals surface area (Å²) in [5, 5.41) is 7.27. The van der Waals surface area contributed by atoms with Crippen molar-refractivity contribution in [1.29, 1.82) is 0 Å². The minimum atomic E-state index is -3.30. The Morgan fingerprint density at radius 3 is 2.77 bits per heavy atom. The maximum absolute atomic E-state index is 13.0. The molecule has 0 radical (unpaired) electrons. The van der Waals surface area contributed by atoms with E-state index in [1.54, 1.807) is 4.90 Å². The van der Waals surface area contributed by atoms with Crippen molar-refractivity contribution in [3.8, 4) is 0 Å². The highest BCUT2D eigenvalue weighted by Crippen LogP contribution is 2.26. The summed E-state index contributed by atoms with van der Waals surface area (Å²) in [6.45, 7) is 4.70. The summed E-state index contributed by atoms with van der Waals surface area (Å²) in [5.41, 5.74) is 2.50. The van der Waals surface area contributed by atoms with Crippen molar-refractivity contribution in [1.82, 2.24) is 24.7 Å². The number of aromatic amines is 1. The van der Waals surface area contributed by atoms with Crippen LogP contribution in [0.4, 0.5) is 0 Å². The van der Waals surface area contributed by atoms with Crippen LogP contribution in [0.2, 0.25) is 0 Å². The normalized spacial score (nSPS) is 23.6. The van der Waals surface area contributed by atoms with Crippen LogP contribution in [0.15, 0.2) is 0 Å². The summed E-state index contributed by atoms with van der Waals surface area (Å²) in [7, 11) is -1.27. The van der Waals surface area contributed by atoms with Gasteiger partial charge in [0.2, 0.25) is 10.0 Å². The molecule has 1 aromatic heterocycles. The van der Waals surface area contributed by atoms with Crippen LogP contribution < -0.4 is 4.72 Å². The van der Waals surface area contributed by atoms with Gasteiger partial charge in [-0.25, -0.2) is 13.1 Å². The minimum absolute atomic E-state index is 0. The number of hydrogen-bond acceptors (Lipinski definition) is 5. The van der Waals surface area contributed by atoms with E-state index in [0.29, 0.717) is 25.3 Å². The largest absolute Gasteiger partial charge is 0.335 e. The van der Waals surface area contributed by atoms with Gasteiger partial charge in [0.05, 0.1) is 6.26 Å². The van der Waals surface area contributed by atoms with Gasteiger partial charge in [-0.05, 0) is 19.4 Å². The number of aromatic nitrogens is 2. The zero-order chi connectivity index (χ0) is 18.2. The molecule has 1 aromatic rings. The second kappa shape index (κ2) is 8.24. The number of likely N-dealkylation sites (tertiary alicyclic amines) is 1. The average molecular weight is 406 g/mol. The molecular formula is C16H28ClN5O3S.